The highest BCUT2D eigenvalue weighted by Crippen LogP contribution is 2.22. The zero-order valence-corrected chi connectivity index (χ0v) is 11.7. The Morgan fingerprint density at radius 1 is 1.42 bits per heavy atom. The molecule has 1 fully saturated rings. The van der Waals surface area contributed by atoms with Crippen molar-refractivity contribution in [3.05, 3.63) is 23.8 Å². The van der Waals surface area contributed by atoms with Gasteiger partial charge in [-0.15, -0.1) is 12.4 Å². The first kappa shape index (κ1) is 15.6. The number of ether oxygens (including phenoxy) is 1. The first-order valence-corrected chi connectivity index (χ1v) is 6.04. The molecule has 0 atom stereocenters. The summed E-state index contributed by atoms with van der Waals surface area (Å²) in [6.07, 6.45) is 1.60. The number of nitrogens with two attached hydrogens (primary N) is 1. The van der Waals surface area contributed by atoms with Crippen molar-refractivity contribution in [3.8, 4) is 5.75 Å². The molecule has 0 aromatic heterocycles. The number of benzene rings is 1. The van der Waals surface area contributed by atoms with Crippen molar-refractivity contribution >= 4 is 24.1 Å². The topological polar surface area (TPSA) is 75.8 Å². The van der Waals surface area contributed by atoms with Crippen LogP contribution in [0.25, 0.3) is 0 Å². The van der Waals surface area contributed by atoms with E-state index in [2.05, 4.69) is 4.90 Å². The molecule has 1 aromatic rings. The van der Waals surface area contributed by atoms with E-state index in [0.29, 0.717) is 5.69 Å². The molecule has 0 radical (unpaired) electrons. The molecule has 0 amide bonds. The first-order chi connectivity index (χ1) is 8.56. The van der Waals surface area contributed by atoms with Crippen molar-refractivity contribution in [2.75, 3.05) is 25.9 Å². The van der Waals surface area contributed by atoms with Crippen LogP contribution in [0.2, 0.25) is 0 Å². The van der Waals surface area contributed by atoms with Crippen molar-refractivity contribution in [2.24, 2.45) is 0 Å². The molecule has 6 heteroatoms. The van der Waals surface area contributed by atoms with Crippen molar-refractivity contribution in [1.29, 1.82) is 0 Å². The van der Waals surface area contributed by atoms with E-state index < -0.39 is 5.97 Å². The number of anilines is 1. The summed E-state index contributed by atoms with van der Waals surface area (Å²) < 4.78 is 5.38. The maximum absolute atomic E-state index is 11.9. The van der Waals surface area contributed by atoms with Gasteiger partial charge >= 0.3 is 5.97 Å². The molecule has 0 saturated carbocycles. The summed E-state index contributed by atoms with van der Waals surface area (Å²) in [6, 6.07) is 4.41. The number of halogens is 1. The molecule has 0 unspecified atom stereocenters. The summed E-state index contributed by atoms with van der Waals surface area (Å²) in [5.74, 6) is -0.616. The Morgan fingerprint density at radius 3 is 2.63 bits per heavy atom. The Hall–Kier alpha value is -1.46. The highest BCUT2D eigenvalue weighted by atomic mass is 35.5. The van der Waals surface area contributed by atoms with Crippen LogP contribution < -0.4 is 5.73 Å². The molecule has 1 saturated heterocycles. The van der Waals surface area contributed by atoms with Gasteiger partial charge in [-0.3, -0.25) is 0 Å². The second-order valence-electron chi connectivity index (χ2n) is 4.68. The Kier molecular flexibility index (Phi) is 5.44. The third-order valence-electron chi connectivity index (χ3n) is 3.18. The third kappa shape index (κ3) is 4.01. The number of nitrogen functional groups attached to an aromatic ring is 1. The number of nitrogens with zero attached hydrogens (tertiary/aromatic N) is 1. The molecule has 0 bridgehead atoms. The van der Waals surface area contributed by atoms with E-state index in [9.17, 15) is 9.90 Å². The lowest BCUT2D eigenvalue weighted by Crippen LogP contribution is -2.35. The van der Waals surface area contributed by atoms with E-state index in [1.165, 1.54) is 12.1 Å². The van der Waals surface area contributed by atoms with E-state index in [0.717, 1.165) is 25.9 Å². The number of hydrogen-bond donors (Lipinski definition) is 2. The summed E-state index contributed by atoms with van der Waals surface area (Å²) in [7, 11) is 2.05. The van der Waals surface area contributed by atoms with Crippen LogP contribution in [-0.4, -0.2) is 42.2 Å². The fraction of sp³-hybridized carbons (Fsp3) is 0.462. The second kappa shape index (κ2) is 6.63. The van der Waals surface area contributed by atoms with Gasteiger partial charge in [-0.2, -0.15) is 0 Å². The molecule has 3 N–H and O–H groups in total. The summed E-state index contributed by atoms with van der Waals surface area (Å²) in [6.45, 7) is 1.84. The summed E-state index contributed by atoms with van der Waals surface area (Å²) in [5.41, 5.74) is 6.10. The van der Waals surface area contributed by atoms with E-state index in [4.69, 9.17) is 10.5 Å². The zero-order chi connectivity index (χ0) is 13.1. The van der Waals surface area contributed by atoms with Crippen LogP contribution in [0.1, 0.15) is 23.2 Å². The van der Waals surface area contributed by atoms with Crippen LogP contribution in [-0.2, 0) is 4.74 Å². The Labute approximate surface area is 118 Å². The van der Waals surface area contributed by atoms with E-state index >= 15 is 0 Å². The van der Waals surface area contributed by atoms with E-state index in [1.54, 1.807) is 6.07 Å². The van der Waals surface area contributed by atoms with Gasteiger partial charge in [0.2, 0.25) is 0 Å². The molecular formula is C13H19ClN2O3. The molecule has 1 heterocycles. The second-order valence-corrected chi connectivity index (χ2v) is 4.68. The first-order valence-electron chi connectivity index (χ1n) is 6.04. The molecular weight excluding hydrogens is 268 g/mol. The van der Waals surface area contributed by atoms with E-state index in [1.807, 2.05) is 7.05 Å². The number of carbonyl (C=O) groups excluding carboxylic acids is 1. The van der Waals surface area contributed by atoms with Gasteiger partial charge in [0.15, 0.2) is 0 Å². The Balaban J connectivity index is 0.00000180. The van der Waals surface area contributed by atoms with Gasteiger partial charge in [-0.1, -0.05) is 0 Å². The minimum absolute atomic E-state index is 0. The SMILES string of the molecule is CN1CCC(OC(=O)c2ccc(N)cc2O)CC1.Cl. The average Bonchev–Trinajstić information content (AvgIpc) is 2.32. The molecule has 1 aliphatic heterocycles. The van der Waals surface area contributed by atoms with Crippen molar-refractivity contribution in [3.63, 3.8) is 0 Å². The normalized spacial score (nSPS) is 16.7. The maximum atomic E-state index is 11.9. The lowest BCUT2D eigenvalue weighted by Gasteiger charge is -2.28. The number of rotatable bonds is 2. The van der Waals surface area contributed by atoms with Gasteiger partial charge in [0.1, 0.15) is 17.4 Å². The van der Waals surface area contributed by atoms with Gasteiger partial charge in [-0.05, 0) is 32.0 Å². The van der Waals surface area contributed by atoms with Crippen LogP contribution in [0.4, 0.5) is 5.69 Å². The van der Waals surface area contributed by atoms with E-state index in [-0.39, 0.29) is 29.8 Å². The molecule has 0 spiro atoms. The number of likely N-dealkylation sites (tertiary alicyclic amines) is 1. The molecule has 2 rings (SSSR count). The highest BCUT2D eigenvalue weighted by molar-refractivity contribution is 5.93. The minimum Gasteiger partial charge on any atom is -0.507 e. The van der Waals surface area contributed by atoms with Gasteiger partial charge in [0.05, 0.1) is 0 Å². The molecule has 1 aliphatic rings. The quantitative estimate of drug-likeness (QED) is 0.639. The number of aromatic hydroxyl groups is 1. The lowest BCUT2D eigenvalue weighted by molar-refractivity contribution is 0.0137. The van der Waals surface area contributed by atoms with Crippen LogP contribution >= 0.6 is 12.4 Å². The van der Waals surface area contributed by atoms with Gasteiger partial charge in [0, 0.05) is 24.8 Å². The summed E-state index contributed by atoms with van der Waals surface area (Å²) >= 11 is 0. The minimum atomic E-state index is -0.484. The predicted molar refractivity (Wildman–Crippen MR) is 75.7 cm³/mol. The Bertz CT molecular complexity index is 446. The van der Waals surface area contributed by atoms with Gasteiger partial charge in [0.25, 0.3) is 0 Å². The summed E-state index contributed by atoms with van der Waals surface area (Å²) in [5, 5.41) is 9.64. The molecule has 19 heavy (non-hydrogen) atoms. The average molecular weight is 287 g/mol. The standard InChI is InChI=1S/C13H18N2O3.ClH/c1-15-6-4-10(5-7-15)18-13(17)11-3-2-9(14)8-12(11)16;/h2-3,8,10,16H,4-7,14H2,1H3;1H. The number of esters is 1. The van der Waals surface area contributed by atoms with Crippen LogP contribution in [0.3, 0.4) is 0 Å². The monoisotopic (exact) mass is 286 g/mol. The maximum Gasteiger partial charge on any atom is 0.342 e. The fourth-order valence-corrected chi connectivity index (χ4v) is 2.04. The molecule has 5 nitrogen and oxygen atoms in total. The van der Waals surface area contributed by atoms with Crippen LogP contribution in [0.15, 0.2) is 18.2 Å². The number of carbonyl (C=O) groups is 1. The highest BCUT2D eigenvalue weighted by Gasteiger charge is 2.22. The fourth-order valence-electron chi connectivity index (χ4n) is 2.04. The molecule has 0 aliphatic carbocycles. The van der Waals surface area contributed by atoms with Crippen LogP contribution in [0.5, 0.6) is 5.75 Å². The molecule has 1 aromatic carbocycles. The smallest absolute Gasteiger partial charge is 0.342 e. The van der Waals surface area contributed by atoms with Crippen molar-refractivity contribution in [2.45, 2.75) is 18.9 Å². The number of hydrogen-bond acceptors (Lipinski definition) is 5. The van der Waals surface area contributed by atoms with Crippen LogP contribution in [0, 0.1) is 0 Å². The summed E-state index contributed by atoms with van der Waals surface area (Å²) in [4.78, 5) is 14.1. The van der Waals surface area contributed by atoms with Crippen molar-refractivity contribution < 1.29 is 14.6 Å². The molecule has 106 valence electrons. The number of piperidine rings is 1. The van der Waals surface area contributed by atoms with Gasteiger partial charge in [-0.25, -0.2) is 4.79 Å². The lowest BCUT2D eigenvalue weighted by atomic mass is 10.1. The van der Waals surface area contributed by atoms with Crippen molar-refractivity contribution in [1.82, 2.24) is 4.90 Å². The third-order valence-corrected chi connectivity index (χ3v) is 3.18. The zero-order valence-electron chi connectivity index (χ0n) is 10.8. The predicted octanol–water partition coefficient (Wildman–Crippen LogP) is 1.65. The van der Waals surface area contributed by atoms with Gasteiger partial charge < -0.3 is 20.5 Å². The largest absolute Gasteiger partial charge is 0.507 e. The number of phenolic OH excluding ortho intramolecular Hbond substituents is 1. The Morgan fingerprint density at radius 2 is 2.05 bits per heavy atom. The number of phenols is 1.